The summed E-state index contributed by atoms with van der Waals surface area (Å²) in [6, 6.07) is 13.8. The summed E-state index contributed by atoms with van der Waals surface area (Å²) in [5.74, 6) is 1.39. The summed E-state index contributed by atoms with van der Waals surface area (Å²) in [6.07, 6.45) is 1.66. The van der Waals surface area contributed by atoms with Crippen LogP contribution in [0, 0.1) is 20.8 Å². The van der Waals surface area contributed by atoms with Gasteiger partial charge in [-0.15, -0.1) is 6.58 Å². The largest absolute Gasteiger partial charge is 0.483 e. The third-order valence-corrected chi connectivity index (χ3v) is 4.47. The molecule has 0 atom stereocenters. The summed E-state index contributed by atoms with van der Waals surface area (Å²) in [4.78, 5) is 18.7. The van der Waals surface area contributed by atoms with E-state index in [-0.39, 0.29) is 19.1 Å². The number of nitrogens with zero attached hydrogens (tertiary/aromatic N) is 3. The Morgan fingerprint density at radius 1 is 1.17 bits per heavy atom. The van der Waals surface area contributed by atoms with Crippen molar-refractivity contribution in [3.63, 3.8) is 0 Å². The zero-order chi connectivity index (χ0) is 20.8. The SMILES string of the molecule is C=CCN(Cc1nc(-c2cccc(C)c2)no1)C(=O)COc1cc(C)ccc1C. The summed E-state index contributed by atoms with van der Waals surface area (Å²) >= 11 is 0. The van der Waals surface area contributed by atoms with Crippen molar-refractivity contribution in [2.45, 2.75) is 27.3 Å². The summed E-state index contributed by atoms with van der Waals surface area (Å²) in [5, 5.41) is 4.03. The molecule has 1 aromatic heterocycles. The molecule has 1 heterocycles. The number of benzene rings is 2. The van der Waals surface area contributed by atoms with E-state index in [4.69, 9.17) is 9.26 Å². The lowest BCUT2D eigenvalue weighted by molar-refractivity contribution is -0.133. The highest BCUT2D eigenvalue weighted by Gasteiger charge is 2.18. The number of hydrogen-bond donors (Lipinski definition) is 0. The number of carbonyl (C=O) groups excluding carboxylic acids is 1. The second kappa shape index (κ2) is 9.19. The van der Waals surface area contributed by atoms with Gasteiger partial charge < -0.3 is 14.2 Å². The van der Waals surface area contributed by atoms with E-state index in [9.17, 15) is 4.79 Å². The fourth-order valence-electron chi connectivity index (χ4n) is 2.89. The van der Waals surface area contributed by atoms with Crippen molar-refractivity contribution < 1.29 is 14.1 Å². The first-order valence-corrected chi connectivity index (χ1v) is 9.44. The van der Waals surface area contributed by atoms with Gasteiger partial charge in [-0.3, -0.25) is 4.79 Å². The predicted octanol–water partition coefficient (Wildman–Crippen LogP) is 4.26. The van der Waals surface area contributed by atoms with E-state index in [1.54, 1.807) is 11.0 Å². The van der Waals surface area contributed by atoms with Crippen LogP contribution in [0.5, 0.6) is 5.75 Å². The second-order valence-electron chi connectivity index (χ2n) is 7.00. The van der Waals surface area contributed by atoms with E-state index in [0.717, 1.165) is 22.3 Å². The van der Waals surface area contributed by atoms with Crippen molar-refractivity contribution in [1.82, 2.24) is 15.0 Å². The van der Waals surface area contributed by atoms with E-state index < -0.39 is 0 Å². The minimum atomic E-state index is -0.180. The molecular formula is C23H25N3O3. The van der Waals surface area contributed by atoms with Crippen molar-refractivity contribution >= 4 is 5.91 Å². The predicted molar refractivity (Wildman–Crippen MR) is 111 cm³/mol. The molecule has 3 rings (SSSR count). The van der Waals surface area contributed by atoms with Gasteiger partial charge >= 0.3 is 0 Å². The Labute approximate surface area is 170 Å². The highest BCUT2D eigenvalue weighted by Crippen LogP contribution is 2.20. The summed E-state index contributed by atoms with van der Waals surface area (Å²) in [6.45, 7) is 10.2. The molecule has 0 aliphatic carbocycles. The van der Waals surface area contributed by atoms with Crippen molar-refractivity contribution in [1.29, 1.82) is 0 Å². The molecular weight excluding hydrogens is 366 g/mol. The molecule has 6 nitrogen and oxygen atoms in total. The van der Waals surface area contributed by atoms with E-state index >= 15 is 0 Å². The van der Waals surface area contributed by atoms with E-state index in [2.05, 4.69) is 16.7 Å². The standard InChI is InChI=1S/C23H25N3O3/c1-5-11-26(22(27)15-28-20-13-17(3)9-10-18(20)4)14-21-24-23(25-29-21)19-8-6-7-16(2)12-19/h5-10,12-13H,1,11,14-15H2,2-4H3. The van der Waals surface area contributed by atoms with Gasteiger partial charge in [0.25, 0.3) is 5.91 Å². The highest BCUT2D eigenvalue weighted by atomic mass is 16.5. The van der Waals surface area contributed by atoms with E-state index in [0.29, 0.717) is 24.0 Å². The number of ether oxygens (including phenoxy) is 1. The summed E-state index contributed by atoms with van der Waals surface area (Å²) in [5.41, 5.74) is 4.05. The van der Waals surface area contributed by atoms with Gasteiger partial charge in [-0.1, -0.05) is 47.1 Å². The molecule has 6 heteroatoms. The summed E-state index contributed by atoms with van der Waals surface area (Å²) < 4.78 is 11.1. The molecule has 0 unspecified atom stereocenters. The van der Waals surface area contributed by atoms with Crippen LogP contribution in [0.2, 0.25) is 0 Å². The fourth-order valence-corrected chi connectivity index (χ4v) is 2.89. The zero-order valence-corrected chi connectivity index (χ0v) is 17.0. The second-order valence-corrected chi connectivity index (χ2v) is 7.00. The molecule has 0 saturated carbocycles. The maximum Gasteiger partial charge on any atom is 0.261 e. The van der Waals surface area contributed by atoms with Crippen molar-refractivity contribution in [2.24, 2.45) is 0 Å². The van der Waals surface area contributed by atoms with Crippen LogP contribution in [0.3, 0.4) is 0 Å². The first kappa shape index (κ1) is 20.3. The number of aryl methyl sites for hydroxylation is 3. The monoisotopic (exact) mass is 391 g/mol. The van der Waals surface area contributed by atoms with Crippen molar-refractivity contribution in [3.8, 4) is 17.1 Å². The lowest BCUT2D eigenvalue weighted by atomic mass is 10.1. The van der Waals surface area contributed by atoms with Gasteiger partial charge in [0.05, 0.1) is 0 Å². The third-order valence-electron chi connectivity index (χ3n) is 4.47. The Morgan fingerprint density at radius 3 is 2.72 bits per heavy atom. The molecule has 2 aromatic carbocycles. The third kappa shape index (κ3) is 5.31. The van der Waals surface area contributed by atoms with Crippen LogP contribution in [0.25, 0.3) is 11.4 Å². The van der Waals surface area contributed by atoms with Crippen LogP contribution in [0.4, 0.5) is 0 Å². The smallest absolute Gasteiger partial charge is 0.261 e. The Morgan fingerprint density at radius 2 is 1.97 bits per heavy atom. The topological polar surface area (TPSA) is 68.5 Å². The molecule has 0 bridgehead atoms. The Bertz CT molecular complexity index is 1010. The van der Waals surface area contributed by atoms with Gasteiger partial charge in [0, 0.05) is 12.1 Å². The molecule has 0 radical (unpaired) electrons. The first-order valence-electron chi connectivity index (χ1n) is 9.44. The molecule has 150 valence electrons. The fraction of sp³-hybridized carbons (Fsp3) is 0.261. The van der Waals surface area contributed by atoms with Crippen LogP contribution < -0.4 is 4.74 Å². The molecule has 29 heavy (non-hydrogen) atoms. The van der Waals surface area contributed by atoms with Crippen LogP contribution >= 0.6 is 0 Å². The highest BCUT2D eigenvalue weighted by molar-refractivity contribution is 5.78. The van der Waals surface area contributed by atoms with Crippen LogP contribution in [0.15, 0.2) is 59.6 Å². The molecule has 3 aromatic rings. The minimum absolute atomic E-state index is 0.0724. The van der Waals surface area contributed by atoms with Gasteiger partial charge in [0.15, 0.2) is 6.61 Å². The minimum Gasteiger partial charge on any atom is -0.483 e. The maximum absolute atomic E-state index is 12.7. The molecule has 0 fully saturated rings. The number of carbonyl (C=O) groups is 1. The number of rotatable bonds is 8. The van der Waals surface area contributed by atoms with Crippen molar-refractivity contribution in [2.75, 3.05) is 13.2 Å². The van der Waals surface area contributed by atoms with Gasteiger partial charge in [-0.25, -0.2) is 0 Å². The molecule has 1 amide bonds. The van der Waals surface area contributed by atoms with E-state index in [1.165, 1.54) is 0 Å². The molecule has 0 aliphatic heterocycles. The Hall–Kier alpha value is -3.41. The van der Waals surface area contributed by atoms with Gasteiger partial charge in [-0.2, -0.15) is 4.98 Å². The number of hydrogen-bond acceptors (Lipinski definition) is 5. The average Bonchev–Trinajstić information content (AvgIpc) is 3.17. The average molecular weight is 391 g/mol. The molecule has 0 N–H and O–H groups in total. The molecule has 0 spiro atoms. The zero-order valence-electron chi connectivity index (χ0n) is 17.0. The summed E-state index contributed by atoms with van der Waals surface area (Å²) in [7, 11) is 0. The normalized spacial score (nSPS) is 10.6. The molecule has 0 saturated heterocycles. The Kier molecular flexibility index (Phi) is 6.44. The van der Waals surface area contributed by atoms with Crippen LogP contribution in [-0.2, 0) is 11.3 Å². The van der Waals surface area contributed by atoms with Gasteiger partial charge in [0.1, 0.15) is 12.3 Å². The van der Waals surface area contributed by atoms with E-state index in [1.807, 2.05) is 63.2 Å². The number of amides is 1. The lowest BCUT2D eigenvalue weighted by Gasteiger charge is -2.19. The van der Waals surface area contributed by atoms with Crippen LogP contribution in [-0.4, -0.2) is 34.1 Å². The quantitative estimate of drug-likeness (QED) is 0.537. The molecule has 0 aliphatic rings. The van der Waals surface area contributed by atoms with Gasteiger partial charge in [0.2, 0.25) is 11.7 Å². The number of aromatic nitrogens is 2. The van der Waals surface area contributed by atoms with Gasteiger partial charge in [-0.05, 0) is 44.0 Å². The van der Waals surface area contributed by atoms with Crippen molar-refractivity contribution in [3.05, 3.63) is 77.7 Å². The van der Waals surface area contributed by atoms with Crippen LogP contribution in [0.1, 0.15) is 22.6 Å². The lowest BCUT2D eigenvalue weighted by Crippen LogP contribution is -2.34. The Balaban J connectivity index is 1.67. The first-order chi connectivity index (χ1) is 14.0. The maximum atomic E-state index is 12.7.